The summed E-state index contributed by atoms with van der Waals surface area (Å²) in [5.74, 6) is 0.660. The van der Waals surface area contributed by atoms with Crippen molar-refractivity contribution in [3.05, 3.63) is 40.2 Å². The number of hydrogen-bond acceptors (Lipinski definition) is 4. The Balaban J connectivity index is 1.80. The highest BCUT2D eigenvalue weighted by atomic mass is 35.5. The molecule has 1 fully saturated rings. The number of pyridine rings is 1. The van der Waals surface area contributed by atoms with E-state index in [1.54, 1.807) is 18.3 Å². The van der Waals surface area contributed by atoms with Crippen LogP contribution < -0.4 is 5.32 Å². The Morgan fingerprint density at radius 1 is 1.46 bits per heavy atom. The van der Waals surface area contributed by atoms with Gasteiger partial charge in [0, 0.05) is 17.9 Å². The van der Waals surface area contributed by atoms with E-state index in [0.717, 1.165) is 24.1 Å². The van der Waals surface area contributed by atoms with Gasteiger partial charge in [-0.15, -0.1) is 0 Å². The lowest BCUT2D eigenvalue weighted by molar-refractivity contribution is -0.113. The maximum atomic E-state index is 12.5. The average Bonchev–Trinajstić information content (AvgIpc) is 3.22. The third kappa shape index (κ3) is 3.74. The summed E-state index contributed by atoms with van der Waals surface area (Å²) >= 11 is 7.38. The van der Waals surface area contributed by atoms with Crippen molar-refractivity contribution in [3.8, 4) is 6.07 Å². The maximum Gasteiger partial charge on any atom is 0.235 e. The molecular weight excluding hydrogens is 368 g/mol. The topological polar surface area (TPSA) is 70.7 Å². The first-order chi connectivity index (χ1) is 12.5. The van der Waals surface area contributed by atoms with Gasteiger partial charge in [-0.25, -0.2) is 4.98 Å². The number of amides is 1. The maximum absolute atomic E-state index is 12.5. The Kier molecular flexibility index (Phi) is 5.90. The summed E-state index contributed by atoms with van der Waals surface area (Å²) in [5.41, 5.74) is 2.56. The molecule has 0 saturated heterocycles. The molecule has 1 aliphatic carbocycles. The van der Waals surface area contributed by atoms with Gasteiger partial charge in [0.1, 0.15) is 16.9 Å². The zero-order valence-corrected chi connectivity index (χ0v) is 16.5. The molecule has 26 heavy (non-hydrogen) atoms. The number of nitrogens with zero attached hydrogens (tertiary/aromatic N) is 3. The van der Waals surface area contributed by atoms with E-state index in [1.807, 2.05) is 13.8 Å². The van der Waals surface area contributed by atoms with Crippen molar-refractivity contribution in [1.82, 2.24) is 9.55 Å². The number of aromatic nitrogens is 2. The minimum atomic E-state index is -0.162. The summed E-state index contributed by atoms with van der Waals surface area (Å²) in [6.07, 6.45) is 6.19. The largest absolute Gasteiger partial charge is 0.327 e. The Labute approximate surface area is 162 Å². The van der Waals surface area contributed by atoms with Crippen molar-refractivity contribution >= 4 is 35.1 Å². The van der Waals surface area contributed by atoms with E-state index in [1.165, 1.54) is 24.6 Å². The van der Waals surface area contributed by atoms with E-state index in [9.17, 15) is 10.1 Å². The molecular formula is C19H21ClN4OS. The molecule has 0 radical (unpaired) electrons. The van der Waals surface area contributed by atoms with Crippen LogP contribution >= 0.6 is 23.4 Å². The number of nitriles is 1. The molecule has 0 bridgehead atoms. The fourth-order valence-electron chi connectivity index (χ4n) is 3.49. The fraction of sp³-hybridized carbons (Fsp3) is 0.421. The second kappa shape index (κ2) is 8.15. The quantitative estimate of drug-likeness (QED) is 0.741. The molecule has 3 rings (SSSR count). The van der Waals surface area contributed by atoms with Crippen LogP contribution in [-0.2, 0) is 4.79 Å². The Morgan fingerprint density at radius 3 is 2.85 bits per heavy atom. The van der Waals surface area contributed by atoms with Gasteiger partial charge in [0.2, 0.25) is 5.91 Å². The predicted molar refractivity (Wildman–Crippen MR) is 105 cm³/mol. The Morgan fingerprint density at radius 2 is 2.19 bits per heavy atom. The average molecular weight is 389 g/mol. The van der Waals surface area contributed by atoms with Crippen LogP contribution in [0.5, 0.6) is 0 Å². The minimum absolute atomic E-state index is 0.162. The first-order valence-electron chi connectivity index (χ1n) is 8.67. The number of halogens is 1. The van der Waals surface area contributed by atoms with Crippen LogP contribution in [0.15, 0.2) is 23.4 Å². The summed E-state index contributed by atoms with van der Waals surface area (Å²) in [4.78, 5) is 16.7. The van der Waals surface area contributed by atoms with Crippen LogP contribution in [0.2, 0.25) is 5.02 Å². The fourth-order valence-corrected chi connectivity index (χ4v) is 4.45. The first kappa shape index (κ1) is 18.8. The van der Waals surface area contributed by atoms with Gasteiger partial charge in [-0.2, -0.15) is 5.26 Å². The number of thioether (sulfide) groups is 1. The van der Waals surface area contributed by atoms with Crippen LogP contribution in [0.4, 0.5) is 5.82 Å². The molecule has 2 aromatic rings. The Bertz CT molecular complexity index is 865. The van der Waals surface area contributed by atoms with Crippen molar-refractivity contribution < 1.29 is 4.79 Å². The zero-order valence-electron chi connectivity index (χ0n) is 14.9. The molecule has 5 nitrogen and oxygen atoms in total. The number of rotatable bonds is 5. The van der Waals surface area contributed by atoms with Crippen LogP contribution in [0, 0.1) is 25.2 Å². The molecule has 136 valence electrons. The lowest BCUT2D eigenvalue weighted by Gasteiger charge is -2.19. The lowest BCUT2D eigenvalue weighted by atomic mass is 10.2. The molecule has 1 amide bonds. The van der Waals surface area contributed by atoms with Crippen molar-refractivity contribution in [2.45, 2.75) is 50.6 Å². The third-order valence-electron chi connectivity index (χ3n) is 4.88. The molecule has 1 aliphatic rings. The second-order valence-corrected chi connectivity index (χ2v) is 7.85. The number of carbonyl (C=O) groups excluding carboxylic acids is 1. The monoisotopic (exact) mass is 388 g/mol. The summed E-state index contributed by atoms with van der Waals surface area (Å²) in [5, 5.41) is 13.7. The molecule has 2 aromatic heterocycles. The minimum Gasteiger partial charge on any atom is -0.327 e. The van der Waals surface area contributed by atoms with Crippen molar-refractivity contribution in [3.63, 3.8) is 0 Å². The molecule has 0 aromatic carbocycles. The highest BCUT2D eigenvalue weighted by Gasteiger charge is 2.26. The summed E-state index contributed by atoms with van der Waals surface area (Å²) < 4.78 is 2.15. The smallest absolute Gasteiger partial charge is 0.235 e. The number of hydrogen-bond donors (Lipinski definition) is 1. The van der Waals surface area contributed by atoms with E-state index in [0.29, 0.717) is 27.5 Å². The Hall–Kier alpha value is -1.97. The summed E-state index contributed by atoms with van der Waals surface area (Å²) in [6.45, 7) is 3.96. The zero-order chi connectivity index (χ0) is 18.7. The SMILES string of the molecule is Cc1c(C#N)c(NC(=O)CSc2ncccc2Cl)n(C2CCCC2)c1C. The summed E-state index contributed by atoms with van der Waals surface area (Å²) in [6, 6.07) is 6.12. The number of anilines is 1. The van der Waals surface area contributed by atoms with Gasteiger partial charge >= 0.3 is 0 Å². The van der Waals surface area contributed by atoms with Gasteiger partial charge in [0.25, 0.3) is 0 Å². The first-order valence-corrected chi connectivity index (χ1v) is 10.0. The van der Waals surface area contributed by atoms with Gasteiger partial charge in [-0.1, -0.05) is 36.2 Å². The van der Waals surface area contributed by atoms with Crippen LogP contribution in [0.1, 0.15) is 48.5 Å². The van der Waals surface area contributed by atoms with Gasteiger partial charge in [0.05, 0.1) is 16.3 Å². The van der Waals surface area contributed by atoms with Gasteiger partial charge in [-0.05, 0) is 44.4 Å². The van der Waals surface area contributed by atoms with Crippen LogP contribution in [-0.4, -0.2) is 21.2 Å². The van der Waals surface area contributed by atoms with Crippen LogP contribution in [0.3, 0.4) is 0 Å². The van der Waals surface area contributed by atoms with Crippen molar-refractivity contribution in [2.24, 2.45) is 0 Å². The van der Waals surface area contributed by atoms with Gasteiger partial charge in [-0.3, -0.25) is 4.79 Å². The normalized spacial score (nSPS) is 14.4. The molecule has 0 atom stereocenters. The van der Waals surface area contributed by atoms with Crippen molar-refractivity contribution in [2.75, 3.05) is 11.1 Å². The predicted octanol–water partition coefficient (Wildman–Crippen LogP) is 4.87. The lowest BCUT2D eigenvalue weighted by Crippen LogP contribution is -2.19. The standard InChI is InChI=1S/C19H21ClN4OS/c1-12-13(2)24(14-6-3-4-7-14)18(15(12)10-21)23-17(25)11-26-19-16(20)8-5-9-22-19/h5,8-9,14H,3-4,6-7,11H2,1-2H3,(H,23,25). The van der Waals surface area contributed by atoms with Crippen molar-refractivity contribution in [1.29, 1.82) is 5.26 Å². The highest BCUT2D eigenvalue weighted by Crippen LogP contribution is 2.37. The molecule has 0 spiro atoms. The number of nitrogens with one attached hydrogen (secondary N) is 1. The van der Waals surface area contributed by atoms with Gasteiger partial charge in [0.15, 0.2) is 0 Å². The van der Waals surface area contributed by atoms with E-state index < -0.39 is 0 Å². The molecule has 2 heterocycles. The third-order valence-corrected chi connectivity index (χ3v) is 6.30. The molecule has 0 aliphatic heterocycles. The summed E-state index contributed by atoms with van der Waals surface area (Å²) in [7, 11) is 0. The highest BCUT2D eigenvalue weighted by molar-refractivity contribution is 8.00. The molecule has 1 saturated carbocycles. The van der Waals surface area contributed by atoms with E-state index >= 15 is 0 Å². The van der Waals surface area contributed by atoms with E-state index in [4.69, 9.17) is 11.6 Å². The molecule has 1 N–H and O–H groups in total. The second-order valence-electron chi connectivity index (χ2n) is 6.48. The van der Waals surface area contributed by atoms with E-state index in [2.05, 4.69) is 20.9 Å². The van der Waals surface area contributed by atoms with E-state index in [-0.39, 0.29) is 11.7 Å². The number of carbonyl (C=O) groups is 1. The van der Waals surface area contributed by atoms with Gasteiger partial charge < -0.3 is 9.88 Å². The molecule has 0 unspecified atom stereocenters. The molecule has 7 heteroatoms. The van der Waals surface area contributed by atoms with Crippen LogP contribution in [0.25, 0.3) is 0 Å².